The number of benzene rings is 1. The third kappa shape index (κ3) is 6.52. The number of thiazole rings is 1. The molecule has 13 nitrogen and oxygen atoms in total. The van der Waals surface area contributed by atoms with Crippen LogP contribution < -0.4 is 20.6 Å². The van der Waals surface area contributed by atoms with E-state index in [0.29, 0.717) is 61.1 Å². The number of anilines is 2. The second-order valence-corrected chi connectivity index (χ2v) is 12.9. The molecule has 4 aromatic rings. The number of pyridine rings is 1. The fraction of sp³-hybridized carbons (Fsp3) is 0.452. The fourth-order valence-corrected chi connectivity index (χ4v) is 6.22. The number of para-hydroxylation sites is 1. The lowest BCUT2D eigenvalue weighted by atomic mass is 10.2. The number of aryl methyl sites for hydroxylation is 1. The number of nitrogens with one attached hydrogen (secondary N) is 1. The number of nitrogens with zero attached hydrogens (tertiary/aromatic N) is 6. The smallest absolute Gasteiger partial charge is 0.410 e. The Morgan fingerprint density at radius 2 is 1.96 bits per heavy atom. The van der Waals surface area contributed by atoms with Gasteiger partial charge in [-0.2, -0.15) is 0 Å². The highest BCUT2D eigenvalue weighted by Crippen LogP contribution is 2.29. The first-order valence-corrected chi connectivity index (χ1v) is 15.9. The molecule has 2 aliphatic rings. The monoisotopic (exact) mass is 635 g/mol. The summed E-state index contributed by atoms with van der Waals surface area (Å²) in [5, 5.41) is 4.83. The number of amides is 2. The maximum atomic E-state index is 13.4. The Morgan fingerprint density at radius 1 is 1.16 bits per heavy atom. The molecule has 2 saturated heterocycles. The predicted octanol–water partition coefficient (Wildman–Crippen LogP) is 4.05. The average Bonchev–Trinajstić information content (AvgIpc) is 3.77. The molecule has 1 aromatic carbocycles. The Labute approximate surface area is 264 Å². The van der Waals surface area contributed by atoms with Crippen LogP contribution in [0, 0.1) is 0 Å². The van der Waals surface area contributed by atoms with Crippen molar-refractivity contribution in [3.05, 3.63) is 57.5 Å². The van der Waals surface area contributed by atoms with Gasteiger partial charge < -0.3 is 29.3 Å². The zero-order valence-corrected chi connectivity index (χ0v) is 26.6. The Kier molecular flexibility index (Phi) is 8.51. The van der Waals surface area contributed by atoms with E-state index in [1.165, 1.54) is 9.13 Å². The Morgan fingerprint density at radius 3 is 2.69 bits per heavy atom. The van der Waals surface area contributed by atoms with Crippen LogP contribution in [-0.4, -0.2) is 87.1 Å². The molecular weight excluding hydrogens is 598 g/mol. The van der Waals surface area contributed by atoms with Crippen molar-refractivity contribution in [1.82, 2.24) is 24.0 Å². The Balaban J connectivity index is 1.17. The fourth-order valence-electron chi connectivity index (χ4n) is 5.54. The van der Waals surface area contributed by atoms with E-state index in [1.807, 2.05) is 45.0 Å². The van der Waals surface area contributed by atoms with Crippen molar-refractivity contribution in [2.24, 2.45) is 7.05 Å². The molecule has 1 atom stereocenters. The first kappa shape index (κ1) is 30.6. The number of carbonyl (C=O) groups is 2. The van der Waals surface area contributed by atoms with E-state index in [1.54, 1.807) is 29.7 Å². The molecule has 3 aromatic heterocycles. The van der Waals surface area contributed by atoms with Crippen molar-refractivity contribution >= 4 is 45.7 Å². The summed E-state index contributed by atoms with van der Waals surface area (Å²) in [6.45, 7) is 8.79. The van der Waals surface area contributed by atoms with Gasteiger partial charge in [-0.05, 0) is 51.8 Å². The molecule has 0 saturated carbocycles. The summed E-state index contributed by atoms with van der Waals surface area (Å²) in [5.74, 6) is 0.522. The van der Waals surface area contributed by atoms with Crippen molar-refractivity contribution in [3.8, 4) is 11.6 Å². The first-order valence-electron chi connectivity index (χ1n) is 15.0. The number of carbonyl (C=O) groups excluding carboxylic acids is 2. The number of ether oxygens (including phenoxy) is 3. The minimum absolute atomic E-state index is 0.0427. The number of rotatable bonds is 7. The molecule has 0 spiro atoms. The van der Waals surface area contributed by atoms with Crippen LogP contribution in [0.4, 0.5) is 16.2 Å². The molecule has 2 amide bonds. The normalized spacial score (nSPS) is 17.1. The molecule has 2 fully saturated rings. The summed E-state index contributed by atoms with van der Waals surface area (Å²) in [6, 6.07) is 7.34. The first-order chi connectivity index (χ1) is 21.6. The van der Waals surface area contributed by atoms with Gasteiger partial charge in [0.1, 0.15) is 23.5 Å². The molecule has 6 rings (SSSR count). The minimum atomic E-state index is -0.560. The van der Waals surface area contributed by atoms with E-state index in [4.69, 9.17) is 14.2 Å². The van der Waals surface area contributed by atoms with Crippen LogP contribution in [0.15, 0.2) is 46.8 Å². The van der Waals surface area contributed by atoms with Gasteiger partial charge in [-0.25, -0.2) is 19.1 Å². The average molecular weight is 636 g/mol. The van der Waals surface area contributed by atoms with Gasteiger partial charge in [0, 0.05) is 51.4 Å². The van der Waals surface area contributed by atoms with Crippen molar-refractivity contribution in [3.63, 3.8) is 0 Å². The third-order valence-corrected chi connectivity index (χ3v) is 8.54. The Bertz CT molecular complexity index is 1760. The predicted molar refractivity (Wildman–Crippen MR) is 171 cm³/mol. The van der Waals surface area contributed by atoms with E-state index in [2.05, 4.69) is 20.2 Å². The van der Waals surface area contributed by atoms with Gasteiger partial charge in [-0.3, -0.25) is 14.3 Å². The number of fused-ring (bicyclic) bond motifs is 1. The summed E-state index contributed by atoms with van der Waals surface area (Å²) >= 11 is 1.15. The molecule has 1 unspecified atom stereocenters. The van der Waals surface area contributed by atoms with E-state index >= 15 is 0 Å². The van der Waals surface area contributed by atoms with Crippen molar-refractivity contribution in [2.45, 2.75) is 45.3 Å². The molecule has 45 heavy (non-hydrogen) atoms. The maximum Gasteiger partial charge on any atom is 0.410 e. The van der Waals surface area contributed by atoms with Crippen molar-refractivity contribution in [1.29, 1.82) is 0 Å². The maximum absolute atomic E-state index is 13.4. The molecular formula is C31H37N7O6S. The highest BCUT2D eigenvalue weighted by atomic mass is 32.1. The second-order valence-electron chi connectivity index (χ2n) is 12.1. The summed E-state index contributed by atoms with van der Waals surface area (Å²) < 4.78 is 20.3. The van der Waals surface area contributed by atoms with Gasteiger partial charge in [0.15, 0.2) is 10.8 Å². The standard InChI is InChI=1S/C31H37N7O6S/c1-31(2,3)44-30(41)37-14-12-36(13-15-37)22-10-11-32-17-21(22)33-27(39)28-34-25(19-45-28)38-23-8-5-9-24(26(23)35(4)29(38)40)43-18-20-7-6-16-42-20/h5,8-11,17,19-20H,6-7,12-16,18H2,1-4H3,(H,33,39). The molecule has 238 valence electrons. The number of piperazine rings is 1. The van der Waals surface area contributed by atoms with Crippen LogP contribution in [0.5, 0.6) is 5.75 Å². The van der Waals surface area contributed by atoms with Crippen LogP contribution in [0.3, 0.4) is 0 Å². The largest absolute Gasteiger partial charge is 0.489 e. The van der Waals surface area contributed by atoms with Crippen LogP contribution in [0.1, 0.15) is 43.4 Å². The molecule has 5 heterocycles. The van der Waals surface area contributed by atoms with Gasteiger partial charge in [-0.1, -0.05) is 6.07 Å². The number of aromatic nitrogens is 4. The second kappa shape index (κ2) is 12.5. The number of imidazole rings is 1. The van der Waals surface area contributed by atoms with Crippen LogP contribution in [-0.2, 0) is 16.5 Å². The SMILES string of the molecule is Cn1c(=O)n(-c2csc(C(=O)Nc3cnccc3N3CCN(C(=O)OC(C)(C)C)CC3)n2)c2cccc(OCC3CCCO3)c21. The van der Waals surface area contributed by atoms with Crippen LogP contribution in [0.25, 0.3) is 16.9 Å². The lowest BCUT2D eigenvalue weighted by molar-refractivity contribution is 0.0240. The summed E-state index contributed by atoms with van der Waals surface area (Å²) in [5.41, 5.74) is 1.74. The van der Waals surface area contributed by atoms with Crippen LogP contribution in [0.2, 0.25) is 0 Å². The van der Waals surface area contributed by atoms with E-state index in [-0.39, 0.29) is 22.9 Å². The lowest BCUT2D eigenvalue weighted by Crippen LogP contribution is -2.50. The topological polar surface area (TPSA) is 133 Å². The quantitative estimate of drug-likeness (QED) is 0.319. The molecule has 0 radical (unpaired) electrons. The Hall–Kier alpha value is -4.43. The molecule has 14 heteroatoms. The van der Waals surface area contributed by atoms with E-state index in [0.717, 1.165) is 36.5 Å². The van der Waals surface area contributed by atoms with E-state index < -0.39 is 11.5 Å². The zero-order valence-electron chi connectivity index (χ0n) is 25.8. The van der Waals surface area contributed by atoms with Gasteiger partial charge in [0.2, 0.25) is 0 Å². The molecule has 1 N–H and O–H groups in total. The molecule has 0 bridgehead atoms. The summed E-state index contributed by atoms with van der Waals surface area (Å²) in [6.07, 6.45) is 4.93. The molecule has 2 aliphatic heterocycles. The highest BCUT2D eigenvalue weighted by molar-refractivity contribution is 7.12. The van der Waals surface area contributed by atoms with Crippen LogP contribution >= 0.6 is 11.3 Å². The van der Waals surface area contributed by atoms with Gasteiger partial charge >= 0.3 is 11.8 Å². The van der Waals surface area contributed by atoms with Crippen molar-refractivity contribution < 1.29 is 23.8 Å². The number of hydrogen-bond donors (Lipinski definition) is 1. The third-order valence-electron chi connectivity index (χ3n) is 7.71. The summed E-state index contributed by atoms with van der Waals surface area (Å²) in [4.78, 5) is 51.8. The highest BCUT2D eigenvalue weighted by Gasteiger charge is 2.28. The van der Waals surface area contributed by atoms with Crippen molar-refractivity contribution in [2.75, 3.05) is 49.6 Å². The lowest BCUT2D eigenvalue weighted by Gasteiger charge is -2.37. The van der Waals surface area contributed by atoms with E-state index in [9.17, 15) is 14.4 Å². The van der Waals surface area contributed by atoms with Gasteiger partial charge in [0.05, 0.1) is 29.2 Å². The summed E-state index contributed by atoms with van der Waals surface area (Å²) in [7, 11) is 1.69. The molecule has 0 aliphatic carbocycles. The van der Waals surface area contributed by atoms with Gasteiger partial charge in [-0.15, -0.1) is 11.3 Å². The zero-order chi connectivity index (χ0) is 31.7. The van der Waals surface area contributed by atoms with Gasteiger partial charge in [0.25, 0.3) is 5.91 Å². The number of hydrogen-bond acceptors (Lipinski definition) is 10. The minimum Gasteiger partial charge on any atom is -0.489 e.